The number of benzene rings is 1. The summed E-state index contributed by atoms with van der Waals surface area (Å²) in [6.45, 7) is 5.45. The molecule has 1 aromatic rings. The van der Waals surface area contributed by atoms with Crippen molar-refractivity contribution in [3.05, 3.63) is 23.8 Å². The van der Waals surface area contributed by atoms with Gasteiger partial charge in [0.15, 0.2) is 0 Å². The number of hydrogen-bond donors (Lipinski definition) is 2. The zero-order valence-electron chi connectivity index (χ0n) is 12.4. The van der Waals surface area contributed by atoms with E-state index >= 15 is 0 Å². The van der Waals surface area contributed by atoms with E-state index < -0.39 is 15.6 Å². The minimum Gasteiger partial charge on any atom is -0.496 e. The number of aliphatic hydroxyl groups is 1. The lowest BCUT2D eigenvalue weighted by Crippen LogP contribution is -2.41. The molecule has 0 heterocycles. The van der Waals surface area contributed by atoms with E-state index in [1.54, 1.807) is 19.1 Å². The molecule has 0 aliphatic rings. The van der Waals surface area contributed by atoms with E-state index in [0.29, 0.717) is 18.6 Å². The van der Waals surface area contributed by atoms with Gasteiger partial charge in [0, 0.05) is 6.54 Å². The number of sulfonamides is 1. The van der Waals surface area contributed by atoms with Crippen LogP contribution in [0, 0.1) is 6.92 Å². The molecular formula is C14H23NO4S. The van der Waals surface area contributed by atoms with Crippen molar-refractivity contribution in [1.82, 2.24) is 4.72 Å². The zero-order valence-corrected chi connectivity index (χ0v) is 13.3. The second kappa shape index (κ2) is 6.56. The van der Waals surface area contributed by atoms with Crippen LogP contribution in [0.15, 0.2) is 23.1 Å². The topological polar surface area (TPSA) is 75.6 Å². The molecule has 0 amide bonds. The van der Waals surface area contributed by atoms with Crippen LogP contribution < -0.4 is 9.46 Å². The number of rotatable bonds is 7. The molecule has 0 spiro atoms. The molecule has 0 saturated carbocycles. The summed E-state index contributed by atoms with van der Waals surface area (Å²) in [6.07, 6.45) is 0.987. The van der Waals surface area contributed by atoms with Gasteiger partial charge in [-0.15, -0.1) is 0 Å². The normalized spacial score (nSPS) is 12.4. The summed E-state index contributed by atoms with van der Waals surface area (Å²) in [5.74, 6) is 0.641. The minimum absolute atomic E-state index is 0.00735. The molecule has 20 heavy (non-hydrogen) atoms. The van der Waals surface area contributed by atoms with E-state index in [1.165, 1.54) is 13.2 Å². The Labute approximate surface area is 121 Å². The highest BCUT2D eigenvalue weighted by Gasteiger charge is 2.25. The van der Waals surface area contributed by atoms with Crippen molar-refractivity contribution in [3.63, 3.8) is 0 Å². The third-order valence-electron chi connectivity index (χ3n) is 3.58. The Hall–Kier alpha value is -1.11. The molecule has 1 aromatic carbocycles. The van der Waals surface area contributed by atoms with Gasteiger partial charge in [0.25, 0.3) is 0 Å². The standard InChI is InChI=1S/C14H23NO4S/c1-5-14(16,6-2)10-15-20(17,18)12-7-8-13(19-4)11(3)9-12/h7-9,15-16H,5-6,10H2,1-4H3. The predicted octanol–water partition coefficient (Wildman–Crippen LogP) is 1.83. The number of methoxy groups -OCH3 is 1. The molecule has 0 fully saturated rings. The first-order chi connectivity index (χ1) is 9.28. The second-order valence-corrected chi connectivity index (χ2v) is 6.65. The lowest BCUT2D eigenvalue weighted by Gasteiger charge is -2.25. The van der Waals surface area contributed by atoms with Crippen LogP contribution in [0.2, 0.25) is 0 Å². The van der Waals surface area contributed by atoms with Crippen LogP contribution in [-0.2, 0) is 10.0 Å². The summed E-state index contributed by atoms with van der Waals surface area (Å²) in [5.41, 5.74) is -0.259. The zero-order chi connectivity index (χ0) is 15.4. The Morgan fingerprint density at radius 3 is 2.35 bits per heavy atom. The monoisotopic (exact) mass is 301 g/mol. The highest BCUT2D eigenvalue weighted by Crippen LogP contribution is 2.22. The quantitative estimate of drug-likeness (QED) is 0.805. The second-order valence-electron chi connectivity index (χ2n) is 4.89. The van der Waals surface area contributed by atoms with Crippen molar-refractivity contribution in [1.29, 1.82) is 0 Å². The van der Waals surface area contributed by atoms with Gasteiger partial charge >= 0.3 is 0 Å². The summed E-state index contributed by atoms with van der Waals surface area (Å²) in [6, 6.07) is 4.67. The summed E-state index contributed by atoms with van der Waals surface area (Å²) >= 11 is 0. The van der Waals surface area contributed by atoms with Gasteiger partial charge in [0.1, 0.15) is 5.75 Å². The molecule has 0 bridgehead atoms. The van der Waals surface area contributed by atoms with E-state index in [9.17, 15) is 13.5 Å². The third kappa shape index (κ3) is 3.94. The number of aryl methyl sites for hydroxylation is 1. The van der Waals surface area contributed by atoms with Crippen LogP contribution in [0.1, 0.15) is 32.3 Å². The molecule has 0 aromatic heterocycles. The van der Waals surface area contributed by atoms with Crippen LogP contribution in [0.3, 0.4) is 0 Å². The van der Waals surface area contributed by atoms with Gasteiger partial charge in [-0.25, -0.2) is 13.1 Å². The van der Waals surface area contributed by atoms with Gasteiger partial charge in [-0.1, -0.05) is 13.8 Å². The van der Waals surface area contributed by atoms with Gasteiger partial charge < -0.3 is 9.84 Å². The summed E-state index contributed by atoms with van der Waals surface area (Å²) in [4.78, 5) is 0.172. The first-order valence-electron chi connectivity index (χ1n) is 6.64. The Bertz CT molecular complexity index is 550. The molecule has 6 heteroatoms. The maximum Gasteiger partial charge on any atom is 0.240 e. The smallest absolute Gasteiger partial charge is 0.240 e. The molecule has 0 saturated heterocycles. The highest BCUT2D eigenvalue weighted by molar-refractivity contribution is 7.89. The van der Waals surface area contributed by atoms with Crippen LogP contribution in [0.5, 0.6) is 5.75 Å². The van der Waals surface area contributed by atoms with Crippen LogP contribution in [0.25, 0.3) is 0 Å². The van der Waals surface area contributed by atoms with Crippen molar-refractivity contribution in [2.75, 3.05) is 13.7 Å². The molecular weight excluding hydrogens is 278 g/mol. The maximum atomic E-state index is 12.2. The molecule has 2 N–H and O–H groups in total. The number of nitrogens with one attached hydrogen (secondary N) is 1. The summed E-state index contributed by atoms with van der Waals surface area (Å²) < 4.78 is 32.0. The van der Waals surface area contributed by atoms with Crippen molar-refractivity contribution in [3.8, 4) is 5.75 Å². The summed E-state index contributed by atoms with van der Waals surface area (Å²) in [5, 5.41) is 10.1. The van der Waals surface area contributed by atoms with Crippen molar-refractivity contribution in [2.24, 2.45) is 0 Å². The average molecular weight is 301 g/mol. The van der Waals surface area contributed by atoms with E-state index in [0.717, 1.165) is 5.56 Å². The molecule has 0 radical (unpaired) electrons. The Morgan fingerprint density at radius 1 is 1.30 bits per heavy atom. The van der Waals surface area contributed by atoms with Crippen molar-refractivity contribution in [2.45, 2.75) is 44.1 Å². The first kappa shape index (κ1) is 16.9. The average Bonchev–Trinajstić information content (AvgIpc) is 2.44. The Kier molecular flexibility index (Phi) is 5.56. The molecule has 0 aliphatic heterocycles. The molecule has 114 valence electrons. The maximum absolute atomic E-state index is 12.2. The fourth-order valence-electron chi connectivity index (χ4n) is 1.83. The van der Waals surface area contributed by atoms with E-state index in [-0.39, 0.29) is 11.4 Å². The van der Waals surface area contributed by atoms with Gasteiger partial charge in [-0.2, -0.15) is 0 Å². The highest BCUT2D eigenvalue weighted by atomic mass is 32.2. The molecule has 5 nitrogen and oxygen atoms in total. The van der Waals surface area contributed by atoms with Crippen LogP contribution in [0.4, 0.5) is 0 Å². The SMILES string of the molecule is CCC(O)(CC)CNS(=O)(=O)c1ccc(OC)c(C)c1. The van der Waals surface area contributed by atoms with E-state index in [4.69, 9.17) is 4.74 Å². The van der Waals surface area contributed by atoms with Gasteiger partial charge in [0.2, 0.25) is 10.0 Å². The molecule has 0 unspecified atom stereocenters. The minimum atomic E-state index is -3.63. The van der Waals surface area contributed by atoms with Gasteiger partial charge in [-0.3, -0.25) is 0 Å². The predicted molar refractivity (Wildman–Crippen MR) is 78.5 cm³/mol. The Morgan fingerprint density at radius 2 is 1.90 bits per heavy atom. The number of hydrogen-bond acceptors (Lipinski definition) is 4. The largest absolute Gasteiger partial charge is 0.496 e. The lowest BCUT2D eigenvalue weighted by atomic mass is 9.98. The van der Waals surface area contributed by atoms with Gasteiger partial charge in [-0.05, 0) is 43.5 Å². The van der Waals surface area contributed by atoms with Gasteiger partial charge in [0.05, 0.1) is 17.6 Å². The molecule has 1 rings (SSSR count). The van der Waals surface area contributed by atoms with Crippen molar-refractivity contribution >= 4 is 10.0 Å². The first-order valence-corrected chi connectivity index (χ1v) is 8.13. The van der Waals surface area contributed by atoms with Crippen LogP contribution in [-0.4, -0.2) is 32.8 Å². The Balaban J connectivity index is 2.92. The van der Waals surface area contributed by atoms with E-state index in [2.05, 4.69) is 4.72 Å². The fraction of sp³-hybridized carbons (Fsp3) is 0.571. The molecule has 0 atom stereocenters. The van der Waals surface area contributed by atoms with Crippen molar-refractivity contribution < 1.29 is 18.3 Å². The number of ether oxygens (including phenoxy) is 1. The molecule has 0 aliphatic carbocycles. The fourth-order valence-corrected chi connectivity index (χ4v) is 3.04. The third-order valence-corrected chi connectivity index (χ3v) is 4.98. The van der Waals surface area contributed by atoms with Crippen LogP contribution >= 0.6 is 0 Å². The van der Waals surface area contributed by atoms with E-state index in [1.807, 2.05) is 13.8 Å². The lowest BCUT2D eigenvalue weighted by molar-refractivity contribution is 0.0377. The summed E-state index contributed by atoms with van der Waals surface area (Å²) in [7, 11) is -2.09.